The third-order valence-corrected chi connectivity index (χ3v) is 0.652. The van der Waals surface area contributed by atoms with Gasteiger partial charge in [0.05, 0.1) is 6.61 Å². The van der Waals surface area contributed by atoms with Gasteiger partial charge in [0.1, 0.15) is 6.61 Å². The summed E-state index contributed by atoms with van der Waals surface area (Å²) in [5.74, 6) is 0. The van der Waals surface area contributed by atoms with Crippen molar-refractivity contribution < 1.29 is 18.8 Å². The van der Waals surface area contributed by atoms with Gasteiger partial charge in [-0.3, -0.25) is 0 Å². The molecule has 0 radical (unpaired) electrons. The van der Waals surface area contributed by atoms with Crippen molar-refractivity contribution in [3.63, 3.8) is 0 Å². The van der Waals surface area contributed by atoms with Crippen LogP contribution < -0.4 is 0 Å². The summed E-state index contributed by atoms with van der Waals surface area (Å²) in [5, 5.41) is 8.08. The van der Waals surface area contributed by atoms with Crippen LogP contribution in [-0.4, -0.2) is 28.6 Å². The smallest absolute Gasteiger partial charge is 0.445 e. The minimum Gasteiger partial charge on any atom is -0.445 e. The highest BCUT2D eigenvalue weighted by Crippen LogP contribution is 1.79. The number of rotatable bonds is 2. The lowest BCUT2D eigenvalue weighted by molar-refractivity contribution is 0.128. The van der Waals surface area contributed by atoms with Crippen LogP contribution in [0.25, 0.3) is 0 Å². The van der Waals surface area contributed by atoms with Crippen LogP contribution in [0.3, 0.4) is 0 Å². The van der Waals surface area contributed by atoms with Crippen LogP contribution in [0.15, 0.2) is 4.36 Å². The van der Waals surface area contributed by atoms with Crippen LogP contribution in [0.1, 0.15) is 0 Å². The molecule has 0 aliphatic carbocycles. The van der Waals surface area contributed by atoms with Gasteiger partial charge in [0.15, 0.2) is 0 Å². The first-order chi connectivity index (χ1) is 4.31. The van der Waals surface area contributed by atoms with E-state index in [9.17, 15) is 9.00 Å². The van der Waals surface area contributed by atoms with Crippen molar-refractivity contribution in [1.82, 2.24) is 0 Å². The molecule has 5 nitrogen and oxygen atoms in total. The molecule has 0 saturated carbocycles. The van der Waals surface area contributed by atoms with Gasteiger partial charge < -0.3 is 9.84 Å². The third kappa shape index (κ3) is 5.12. The van der Waals surface area contributed by atoms with Crippen molar-refractivity contribution in [2.75, 3.05) is 13.2 Å². The van der Waals surface area contributed by atoms with Crippen LogP contribution >= 0.6 is 0 Å². The fourth-order valence-electron chi connectivity index (χ4n) is 0.190. The lowest BCUT2D eigenvalue weighted by Crippen LogP contribution is -2.02. The van der Waals surface area contributed by atoms with Crippen LogP contribution in [0.4, 0.5) is 4.79 Å². The third-order valence-electron chi connectivity index (χ3n) is 0.429. The van der Waals surface area contributed by atoms with Gasteiger partial charge in [0, 0.05) is 0 Å². The summed E-state index contributed by atoms with van der Waals surface area (Å²) in [5.41, 5.74) is 0. The zero-order chi connectivity index (χ0) is 7.11. The predicted octanol–water partition coefficient (Wildman–Crippen LogP) is -0.488. The second-order valence-electron chi connectivity index (χ2n) is 1.00. The van der Waals surface area contributed by atoms with Crippen molar-refractivity contribution in [2.24, 2.45) is 4.36 Å². The zero-order valence-electron chi connectivity index (χ0n) is 4.44. The molecule has 0 spiro atoms. The minimum atomic E-state index is -0.955. The van der Waals surface area contributed by atoms with E-state index >= 15 is 0 Å². The molecule has 0 unspecified atom stereocenters. The summed E-state index contributed by atoms with van der Waals surface area (Å²) in [4.78, 5) is 10.1. The van der Waals surface area contributed by atoms with E-state index in [0.29, 0.717) is 0 Å². The normalized spacial score (nSPS) is 8.11. The van der Waals surface area contributed by atoms with E-state index < -0.39 is 6.09 Å². The van der Waals surface area contributed by atoms with Gasteiger partial charge in [-0.05, 0) is 0 Å². The van der Waals surface area contributed by atoms with Crippen molar-refractivity contribution in [3.05, 3.63) is 0 Å². The number of carbonyl (C=O) groups excluding carboxylic acids is 1. The van der Waals surface area contributed by atoms with E-state index in [2.05, 4.69) is 9.10 Å². The van der Waals surface area contributed by atoms with Crippen molar-refractivity contribution >= 4 is 17.6 Å². The number of carbonyl (C=O) groups is 1. The molecule has 0 atom stereocenters. The highest BCUT2D eigenvalue weighted by molar-refractivity contribution is 7.55. The predicted molar refractivity (Wildman–Crippen MR) is 29.0 cm³/mol. The maximum atomic E-state index is 10.1. The molecule has 0 heterocycles. The summed E-state index contributed by atoms with van der Waals surface area (Å²) in [6.45, 7) is -0.381. The molecule has 0 aromatic carbocycles. The van der Waals surface area contributed by atoms with E-state index in [1.165, 1.54) is 0 Å². The van der Waals surface area contributed by atoms with Crippen LogP contribution in [-0.2, 0) is 16.2 Å². The lowest BCUT2D eigenvalue weighted by atomic mass is 10.8. The van der Waals surface area contributed by atoms with Gasteiger partial charge in [-0.2, -0.15) is 4.21 Å². The van der Waals surface area contributed by atoms with Crippen LogP contribution in [0.2, 0.25) is 0 Å². The minimum absolute atomic E-state index is 0.122. The fraction of sp³-hybridized carbons (Fsp3) is 0.667. The lowest BCUT2D eigenvalue weighted by Gasteiger charge is -1.92. The van der Waals surface area contributed by atoms with Gasteiger partial charge >= 0.3 is 6.09 Å². The first kappa shape index (κ1) is 8.25. The first-order valence-electron chi connectivity index (χ1n) is 2.09. The Hall–Kier alpha value is -0.750. The quantitative estimate of drug-likeness (QED) is 0.577. The number of hydrogen-bond acceptors (Lipinski definition) is 4. The Morgan fingerprint density at radius 1 is 1.78 bits per heavy atom. The Kier molecular flexibility index (Phi) is 4.94. The Labute approximate surface area is 54.9 Å². The van der Waals surface area contributed by atoms with Crippen molar-refractivity contribution in [2.45, 2.75) is 0 Å². The second-order valence-corrected chi connectivity index (χ2v) is 1.34. The molecular weight excluding hydrogens is 146 g/mol. The number of ether oxygens (including phenoxy) is 1. The standard InChI is InChI=1S/C3H5NO4S/c5-1-2-8-3(6)4-9-7/h5H,1-2H2. The second kappa shape index (κ2) is 5.39. The first-order valence-corrected chi connectivity index (χ1v) is 2.78. The van der Waals surface area contributed by atoms with Gasteiger partial charge in [-0.1, -0.05) is 4.36 Å². The molecule has 0 rings (SSSR count). The molecule has 52 valence electrons. The molecule has 1 N–H and O–H groups in total. The largest absolute Gasteiger partial charge is 0.447 e. The monoisotopic (exact) mass is 151 g/mol. The molecule has 0 saturated heterocycles. The summed E-state index contributed by atoms with van der Waals surface area (Å²) in [7, 11) is 0. The van der Waals surface area contributed by atoms with E-state index in [4.69, 9.17) is 5.11 Å². The zero-order valence-corrected chi connectivity index (χ0v) is 5.26. The molecule has 9 heavy (non-hydrogen) atoms. The van der Waals surface area contributed by atoms with Crippen molar-refractivity contribution in [1.29, 1.82) is 0 Å². The number of amides is 1. The molecule has 0 aliphatic rings. The fourth-order valence-corrected chi connectivity index (χ4v) is 0.303. The Bertz CT molecular complexity index is 141. The molecule has 0 aromatic heterocycles. The summed E-state index contributed by atoms with van der Waals surface area (Å²) < 4.78 is 16.4. The van der Waals surface area contributed by atoms with Gasteiger partial charge in [-0.25, -0.2) is 4.79 Å². The maximum absolute atomic E-state index is 10.1. The Morgan fingerprint density at radius 2 is 2.44 bits per heavy atom. The van der Waals surface area contributed by atoms with Crippen molar-refractivity contribution in [3.8, 4) is 0 Å². The summed E-state index contributed by atoms with van der Waals surface area (Å²) in [6, 6.07) is 0. The molecule has 0 aliphatic heterocycles. The average molecular weight is 151 g/mol. The molecule has 1 amide bonds. The van der Waals surface area contributed by atoms with Gasteiger partial charge in [0.2, 0.25) is 11.5 Å². The SMILES string of the molecule is O=S=NC(=O)OCCO. The summed E-state index contributed by atoms with van der Waals surface area (Å²) >= 11 is -0.221. The van der Waals surface area contributed by atoms with E-state index in [1.54, 1.807) is 0 Å². The van der Waals surface area contributed by atoms with E-state index in [0.717, 1.165) is 0 Å². The Balaban J connectivity index is 3.39. The number of hydrogen-bond donors (Lipinski definition) is 1. The molecule has 6 heteroatoms. The molecular formula is C3H5NO4S. The average Bonchev–Trinajstić information content (AvgIpc) is 1.85. The van der Waals surface area contributed by atoms with E-state index in [-0.39, 0.29) is 24.7 Å². The highest BCUT2D eigenvalue weighted by Gasteiger charge is 1.94. The number of aliphatic hydroxyl groups is 1. The molecule has 0 aromatic rings. The van der Waals surface area contributed by atoms with E-state index in [1.807, 2.05) is 0 Å². The topological polar surface area (TPSA) is 76.0 Å². The number of aliphatic hydroxyl groups excluding tert-OH is 1. The molecule has 0 bridgehead atoms. The van der Waals surface area contributed by atoms with Gasteiger partial charge in [0.25, 0.3) is 0 Å². The highest BCUT2D eigenvalue weighted by atomic mass is 32.1. The summed E-state index contributed by atoms with van der Waals surface area (Å²) in [6.07, 6.45) is -0.955. The van der Waals surface area contributed by atoms with Crippen LogP contribution in [0.5, 0.6) is 0 Å². The molecule has 0 fully saturated rings. The van der Waals surface area contributed by atoms with Crippen LogP contribution in [0, 0.1) is 0 Å². The maximum Gasteiger partial charge on any atom is 0.447 e. The van der Waals surface area contributed by atoms with Gasteiger partial charge in [-0.15, -0.1) is 0 Å². The Morgan fingerprint density at radius 3 is 2.89 bits per heavy atom. The number of nitrogens with zero attached hydrogens (tertiary/aromatic N) is 1.